The van der Waals surface area contributed by atoms with Gasteiger partial charge in [0.1, 0.15) is 12.4 Å². The first kappa shape index (κ1) is 28.9. The normalized spacial score (nSPS) is 14.2. The highest BCUT2D eigenvalue weighted by Gasteiger charge is 2.22. The summed E-state index contributed by atoms with van der Waals surface area (Å²) in [4.78, 5) is 35.9. The minimum atomic E-state index is -0.612. The molecule has 2 aromatic rings. The molecule has 0 atom stereocenters. The van der Waals surface area contributed by atoms with E-state index in [1.807, 2.05) is 24.3 Å². The number of esters is 1. The molecule has 1 fully saturated rings. The molecular weight excluding hydrogens is 512 g/mol. The highest BCUT2D eigenvalue weighted by Crippen LogP contribution is 2.14. The monoisotopic (exact) mass is 548 g/mol. The molecule has 1 aliphatic heterocycles. The number of guanidine groups is 1. The van der Waals surface area contributed by atoms with Gasteiger partial charge in [-0.2, -0.15) is 0 Å². The molecule has 2 heterocycles. The summed E-state index contributed by atoms with van der Waals surface area (Å²) in [6, 6.07) is 7.63. The summed E-state index contributed by atoms with van der Waals surface area (Å²) in [5.74, 6) is -0.222. The van der Waals surface area contributed by atoms with E-state index in [0.717, 1.165) is 44.5 Å². The van der Waals surface area contributed by atoms with Crippen molar-refractivity contribution >= 4 is 41.1 Å². The lowest BCUT2D eigenvalue weighted by atomic mass is 10.1. The molecule has 9 N–H and O–H groups in total. The van der Waals surface area contributed by atoms with Crippen LogP contribution >= 0.6 is 11.6 Å². The number of nitrogens with two attached hydrogens (primary N) is 3. The third-order valence-electron chi connectivity index (χ3n) is 6.03. The Morgan fingerprint density at radius 1 is 1.11 bits per heavy atom. The van der Waals surface area contributed by atoms with Crippen molar-refractivity contribution < 1.29 is 29.0 Å². The third kappa shape index (κ3) is 9.67. The Morgan fingerprint density at radius 3 is 2.58 bits per heavy atom. The molecule has 0 bridgehead atoms. The number of rotatable bonds is 12. The summed E-state index contributed by atoms with van der Waals surface area (Å²) < 4.78 is 10.8. The number of likely N-dealkylation sites (tertiary alicyclic amines) is 1. The van der Waals surface area contributed by atoms with Crippen LogP contribution in [0.2, 0.25) is 5.15 Å². The molecular formula is C25H37ClN8O4+2. The van der Waals surface area contributed by atoms with Gasteiger partial charge in [-0.1, -0.05) is 30.2 Å². The molecule has 1 amide bonds. The molecule has 206 valence electrons. The van der Waals surface area contributed by atoms with E-state index in [1.54, 1.807) is 0 Å². The number of H-pyrrole nitrogens is 1. The topological polar surface area (TPSA) is 187 Å². The van der Waals surface area contributed by atoms with Gasteiger partial charge in [0.05, 0.1) is 6.54 Å². The number of hydrogen-bond acceptors (Lipinski definition) is 8. The summed E-state index contributed by atoms with van der Waals surface area (Å²) in [5, 5.41) is 2.42. The van der Waals surface area contributed by atoms with Gasteiger partial charge in [-0.05, 0) is 62.9 Å². The zero-order valence-electron chi connectivity index (χ0n) is 21.4. The number of piperidine rings is 1. The first-order chi connectivity index (χ1) is 18.3. The Morgan fingerprint density at radius 2 is 1.84 bits per heavy atom. The number of unbranched alkanes of at least 4 members (excludes halogenated alkanes) is 1. The molecule has 0 radical (unpaired) electrons. The van der Waals surface area contributed by atoms with Gasteiger partial charge in [0.25, 0.3) is 11.6 Å². The number of aryl methyl sites for hydroxylation is 1. The number of hydrogen-bond donors (Lipinski definition) is 5. The summed E-state index contributed by atoms with van der Waals surface area (Å²) in [6.07, 6.45) is 6.28. The van der Waals surface area contributed by atoms with Crippen LogP contribution in [0.5, 0.6) is 5.75 Å². The van der Waals surface area contributed by atoms with Crippen molar-refractivity contribution in [3.05, 3.63) is 40.7 Å². The average molecular weight is 549 g/mol. The molecule has 1 aliphatic rings. The van der Waals surface area contributed by atoms with Gasteiger partial charge >= 0.3 is 17.8 Å². The summed E-state index contributed by atoms with van der Waals surface area (Å²) in [5.41, 5.74) is 18.2. The van der Waals surface area contributed by atoms with Gasteiger partial charge in [-0.25, -0.2) is 24.9 Å². The van der Waals surface area contributed by atoms with Gasteiger partial charge in [0.15, 0.2) is 6.61 Å². The van der Waals surface area contributed by atoms with Crippen LogP contribution in [0, 0.1) is 0 Å². The number of carbonyl (C=O) groups excluding carboxylic acids is 2. The fraction of sp³-hybridized carbons (Fsp3) is 0.480. The molecule has 0 spiro atoms. The fourth-order valence-corrected chi connectivity index (χ4v) is 4.09. The zero-order chi connectivity index (χ0) is 27.3. The number of nitrogens with one attached hydrogen (secondary N) is 3. The maximum absolute atomic E-state index is 12.3. The summed E-state index contributed by atoms with van der Waals surface area (Å²) in [6.45, 7) is 3.79. The Labute approximate surface area is 226 Å². The number of amides is 1. The van der Waals surface area contributed by atoms with E-state index in [-0.39, 0.29) is 41.0 Å². The highest BCUT2D eigenvalue weighted by atomic mass is 35.5. The minimum Gasteiger partial charge on any atom is -0.482 e. The summed E-state index contributed by atoms with van der Waals surface area (Å²) >= 11 is 5.83. The van der Waals surface area contributed by atoms with Crippen LogP contribution in [0.25, 0.3) is 0 Å². The van der Waals surface area contributed by atoms with Gasteiger partial charge in [-0.15, -0.1) is 0 Å². The van der Waals surface area contributed by atoms with Crippen LogP contribution in [0.15, 0.2) is 24.3 Å². The molecule has 13 heteroatoms. The molecule has 38 heavy (non-hydrogen) atoms. The fourth-order valence-electron chi connectivity index (χ4n) is 3.96. The average Bonchev–Trinajstić information content (AvgIpc) is 2.90. The smallest absolute Gasteiger partial charge is 0.348 e. The Balaban J connectivity index is 1.29. The number of aromatic nitrogens is 2. The largest absolute Gasteiger partial charge is 0.482 e. The number of anilines is 2. The molecule has 1 aromatic heterocycles. The van der Waals surface area contributed by atoms with Crippen molar-refractivity contribution in [1.82, 2.24) is 15.2 Å². The number of ether oxygens (including phenoxy) is 2. The van der Waals surface area contributed by atoms with Crippen molar-refractivity contribution in [2.24, 2.45) is 5.73 Å². The Bertz CT molecular complexity index is 1110. The molecule has 1 saturated heterocycles. The lowest BCUT2D eigenvalue weighted by Gasteiger charge is -2.25. The van der Waals surface area contributed by atoms with E-state index >= 15 is 0 Å². The van der Waals surface area contributed by atoms with E-state index in [9.17, 15) is 9.59 Å². The quantitative estimate of drug-likeness (QED) is 0.0985. The van der Waals surface area contributed by atoms with E-state index < -0.39 is 5.91 Å². The van der Waals surface area contributed by atoms with E-state index in [1.165, 1.54) is 19.3 Å². The summed E-state index contributed by atoms with van der Waals surface area (Å²) in [7, 11) is 0. The lowest BCUT2D eigenvalue weighted by Crippen LogP contribution is -2.79. The van der Waals surface area contributed by atoms with Crippen LogP contribution in [0.1, 0.15) is 48.2 Å². The number of nitrogen functional groups attached to an aromatic ring is 2. The minimum absolute atomic E-state index is 0.0169. The number of benzene rings is 1. The van der Waals surface area contributed by atoms with Crippen molar-refractivity contribution in [3.63, 3.8) is 0 Å². The number of halogens is 1. The number of carbonyl (C=O) groups is 2. The molecule has 0 aliphatic carbocycles. The SMILES string of the molecule is NC(NC(=O)c1nc(Cl)c(N)[nH+]c1N)=[NH+]CCCCc1ccc(OCC(=O)OCCN2CCCCC2)cc1. The lowest BCUT2D eigenvalue weighted by molar-refractivity contribution is -0.460. The van der Waals surface area contributed by atoms with Gasteiger partial charge in [-0.3, -0.25) is 15.6 Å². The van der Waals surface area contributed by atoms with Crippen LogP contribution in [0.4, 0.5) is 11.6 Å². The van der Waals surface area contributed by atoms with E-state index in [2.05, 4.69) is 25.2 Å². The van der Waals surface area contributed by atoms with Crippen molar-refractivity contribution in [1.29, 1.82) is 0 Å². The molecule has 0 saturated carbocycles. The number of aromatic amines is 1. The number of nitrogens with zero attached hydrogens (tertiary/aromatic N) is 2. The van der Waals surface area contributed by atoms with Crippen LogP contribution in [-0.4, -0.2) is 67.1 Å². The van der Waals surface area contributed by atoms with Crippen LogP contribution in [0.3, 0.4) is 0 Å². The Hall–Kier alpha value is -3.64. The maximum Gasteiger partial charge on any atom is 0.348 e. The molecule has 3 rings (SSSR count). The maximum atomic E-state index is 12.3. The second kappa shape index (κ2) is 14.9. The molecule has 1 aromatic carbocycles. The van der Waals surface area contributed by atoms with Crippen molar-refractivity contribution in [2.45, 2.75) is 38.5 Å². The van der Waals surface area contributed by atoms with Gasteiger partial charge < -0.3 is 20.9 Å². The van der Waals surface area contributed by atoms with Crippen molar-refractivity contribution in [3.8, 4) is 5.75 Å². The second-order valence-corrected chi connectivity index (χ2v) is 9.37. The predicted molar refractivity (Wildman–Crippen MR) is 143 cm³/mol. The Kier molecular flexibility index (Phi) is 11.4. The van der Waals surface area contributed by atoms with Gasteiger partial charge in [0.2, 0.25) is 10.8 Å². The van der Waals surface area contributed by atoms with E-state index in [4.69, 9.17) is 38.3 Å². The van der Waals surface area contributed by atoms with Crippen LogP contribution in [-0.2, 0) is 16.0 Å². The second-order valence-electron chi connectivity index (χ2n) is 9.01. The van der Waals surface area contributed by atoms with Gasteiger partial charge in [0, 0.05) is 6.54 Å². The molecule has 0 unspecified atom stereocenters. The zero-order valence-corrected chi connectivity index (χ0v) is 22.2. The molecule has 12 nitrogen and oxygen atoms in total. The first-order valence-electron chi connectivity index (χ1n) is 12.7. The standard InChI is InChI=1S/C25H35ClN8O4/c26-21-23(28)32-22(27)20(31-21)24(36)33-25(29)30-11-3-2-6-17-7-9-18(10-8-17)38-16-19(35)37-15-14-34-12-4-1-5-13-34/h7-10H,1-6,11-16H2,(H4,27,28,32)(H3,29,30,33,36)/p+2. The van der Waals surface area contributed by atoms with Crippen LogP contribution < -0.4 is 37.2 Å². The first-order valence-corrected chi connectivity index (χ1v) is 13.1. The highest BCUT2D eigenvalue weighted by molar-refractivity contribution is 6.31. The van der Waals surface area contributed by atoms with E-state index in [0.29, 0.717) is 18.9 Å². The third-order valence-corrected chi connectivity index (χ3v) is 6.32. The van der Waals surface area contributed by atoms with Crippen molar-refractivity contribution in [2.75, 3.05) is 50.9 Å². The predicted octanol–water partition coefficient (Wildman–Crippen LogP) is -0.731.